The molecule has 146 valence electrons. The Morgan fingerprint density at radius 2 is 1.69 bits per heavy atom. The molecular formula is C24H21ClN2O2. The summed E-state index contributed by atoms with van der Waals surface area (Å²) in [5.41, 5.74) is 3.52. The molecular weight excluding hydrogens is 384 g/mol. The van der Waals surface area contributed by atoms with Gasteiger partial charge in [-0.25, -0.2) is 0 Å². The van der Waals surface area contributed by atoms with Crippen LogP contribution in [0.25, 0.3) is 10.9 Å². The lowest BCUT2D eigenvalue weighted by Gasteiger charge is -2.29. The molecule has 4 nitrogen and oxygen atoms in total. The number of carbonyl (C=O) groups excluding carboxylic acids is 1. The average Bonchev–Trinajstić information content (AvgIpc) is 3.18. The molecule has 3 aromatic carbocycles. The molecule has 0 saturated heterocycles. The standard InChI is InChI=1S/C24H21ClN2O2/c1-27(24(28)19-8-3-5-9-21(19)25)23(16-11-13-17(29-2)14-12-16)20-15-26-22-10-6-4-7-18(20)22/h3-15,23,26H,1-2H3/t23-/m0/s1. The molecule has 1 N–H and O–H groups in total. The van der Waals surface area contributed by atoms with Crippen molar-refractivity contribution in [1.29, 1.82) is 0 Å². The van der Waals surface area contributed by atoms with Crippen LogP contribution in [0.4, 0.5) is 0 Å². The van der Waals surface area contributed by atoms with Crippen LogP contribution < -0.4 is 4.74 Å². The van der Waals surface area contributed by atoms with E-state index in [1.54, 1.807) is 24.1 Å². The number of benzene rings is 3. The van der Waals surface area contributed by atoms with E-state index in [1.165, 1.54) is 0 Å². The summed E-state index contributed by atoms with van der Waals surface area (Å²) < 4.78 is 5.30. The molecule has 5 heteroatoms. The van der Waals surface area contributed by atoms with E-state index in [2.05, 4.69) is 11.1 Å². The van der Waals surface area contributed by atoms with E-state index in [0.29, 0.717) is 10.6 Å². The molecule has 1 atom stereocenters. The molecule has 0 fully saturated rings. The minimum Gasteiger partial charge on any atom is -0.497 e. The number of aromatic amines is 1. The van der Waals surface area contributed by atoms with Crippen molar-refractivity contribution >= 4 is 28.4 Å². The van der Waals surface area contributed by atoms with Gasteiger partial charge in [0.15, 0.2) is 0 Å². The minimum atomic E-state index is -0.291. The zero-order valence-electron chi connectivity index (χ0n) is 16.2. The molecule has 0 aliphatic heterocycles. The third-order valence-corrected chi connectivity index (χ3v) is 5.49. The molecule has 1 amide bonds. The molecule has 4 rings (SSSR count). The molecule has 29 heavy (non-hydrogen) atoms. The minimum absolute atomic E-state index is 0.137. The third kappa shape index (κ3) is 3.59. The zero-order chi connectivity index (χ0) is 20.4. The van der Waals surface area contributed by atoms with Gasteiger partial charge in [-0.05, 0) is 35.9 Å². The molecule has 0 spiro atoms. The van der Waals surface area contributed by atoms with Gasteiger partial charge in [-0.2, -0.15) is 0 Å². The van der Waals surface area contributed by atoms with Gasteiger partial charge < -0.3 is 14.6 Å². The van der Waals surface area contributed by atoms with Gasteiger partial charge in [-0.1, -0.05) is 54.1 Å². The van der Waals surface area contributed by atoms with Crippen molar-refractivity contribution in [3.8, 4) is 5.75 Å². The van der Waals surface area contributed by atoms with Crippen LogP contribution in [0.1, 0.15) is 27.5 Å². The maximum atomic E-state index is 13.3. The highest BCUT2D eigenvalue weighted by Gasteiger charge is 2.27. The number of nitrogens with one attached hydrogen (secondary N) is 1. The van der Waals surface area contributed by atoms with Crippen molar-refractivity contribution in [2.45, 2.75) is 6.04 Å². The molecule has 0 aliphatic carbocycles. The maximum Gasteiger partial charge on any atom is 0.255 e. The van der Waals surface area contributed by atoms with Crippen molar-refractivity contribution < 1.29 is 9.53 Å². The zero-order valence-corrected chi connectivity index (χ0v) is 17.0. The third-order valence-electron chi connectivity index (χ3n) is 5.16. The summed E-state index contributed by atoms with van der Waals surface area (Å²) in [4.78, 5) is 18.4. The van der Waals surface area contributed by atoms with E-state index in [-0.39, 0.29) is 11.9 Å². The first kappa shape index (κ1) is 19.1. The van der Waals surface area contributed by atoms with Crippen LogP contribution in [-0.2, 0) is 0 Å². The van der Waals surface area contributed by atoms with Gasteiger partial charge in [0.25, 0.3) is 5.91 Å². The summed E-state index contributed by atoms with van der Waals surface area (Å²) in [6.45, 7) is 0. The Bertz CT molecular complexity index is 1150. The van der Waals surface area contributed by atoms with Gasteiger partial charge in [-0.15, -0.1) is 0 Å². The normalized spacial score (nSPS) is 12.0. The number of hydrogen-bond acceptors (Lipinski definition) is 2. The van der Waals surface area contributed by atoms with E-state index in [4.69, 9.17) is 16.3 Å². The second-order valence-electron chi connectivity index (χ2n) is 6.86. The van der Waals surface area contributed by atoms with Crippen LogP contribution in [0.15, 0.2) is 79.0 Å². The fourth-order valence-electron chi connectivity index (χ4n) is 3.66. The highest BCUT2D eigenvalue weighted by molar-refractivity contribution is 6.33. The quantitative estimate of drug-likeness (QED) is 0.464. The van der Waals surface area contributed by atoms with Crippen LogP contribution in [0, 0.1) is 0 Å². The average molecular weight is 405 g/mol. The number of fused-ring (bicyclic) bond motifs is 1. The van der Waals surface area contributed by atoms with E-state index >= 15 is 0 Å². The Morgan fingerprint density at radius 3 is 2.41 bits per heavy atom. The topological polar surface area (TPSA) is 45.3 Å². The van der Waals surface area contributed by atoms with E-state index in [9.17, 15) is 4.79 Å². The van der Waals surface area contributed by atoms with Crippen molar-refractivity contribution in [3.63, 3.8) is 0 Å². The second kappa shape index (κ2) is 8.02. The number of rotatable bonds is 5. The number of carbonyl (C=O) groups is 1. The lowest BCUT2D eigenvalue weighted by atomic mass is 9.96. The molecule has 0 radical (unpaired) electrons. The van der Waals surface area contributed by atoms with E-state index in [0.717, 1.165) is 27.8 Å². The Morgan fingerprint density at radius 1 is 1.00 bits per heavy atom. The van der Waals surface area contributed by atoms with Crippen LogP contribution >= 0.6 is 11.6 Å². The molecule has 0 unspecified atom stereocenters. The summed E-state index contributed by atoms with van der Waals surface area (Å²) in [6, 6.07) is 22.7. The highest BCUT2D eigenvalue weighted by Crippen LogP contribution is 2.35. The van der Waals surface area contributed by atoms with Crippen molar-refractivity contribution in [1.82, 2.24) is 9.88 Å². The maximum absolute atomic E-state index is 13.3. The fourth-order valence-corrected chi connectivity index (χ4v) is 3.88. The second-order valence-corrected chi connectivity index (χ2v) is 7.27. The SMILES string of the molecule is COc1ccc([C@@H](c2c[nH]c3ccccc23)N(C)C(=O)c2ccccc2Cl)cc1. The van der Waals surface area contributed by atoms with Gasteiger partial charge in [0.05, 0.1) is 23.7 Å². The Kier molecular flexibility index (Phi) is 5.28. The van der Waals surface area contributed by atoms with Crippen LogP contribution in [0.5, 0.6) is 5.75 Å². The van der Waals surface area contributed by atoms with Crippen molar-refractivity contribution in [2.75, 3.05) is 14.2 Å². The summed E-state index contributed by atoms with van der Waals surface area (Å²) in [6.07, 6.45) is 1.97. The van der Waals surface area contributed by atoms with Gasteiger partial charge in [-0.3, -0.25) is 4.79 Å². The van der Waals surface area contributed by atoms with Crippen molar-refractivity contribution in [2.24, 2.45) is 0 Å². The Balaban J connectivity index is 1.83. The first-order chi connectivity index (χ1) is 14.1. The number of methoxy groups -OCH3 is 1. The first-order valence-electron chi connectivity index (χ1n) is 9.32. The number of amides is 1. The van der Waals surface area contributed by atoms with E-state index < -0.39 is 0 Å². The molecule has 4 aromatic rings. The number of ether oxygens (including phenoxy) is 1. The van der Waals surface area contributed by atoms with Crippen LogP contribution in [-0.4, -0.2) is 29.9 Å². The number of H-pyrrole nitrogens is 1. The van der Waals surface area contributed by atoms with Crippen LogP contribution in [0.3, 0.4) is 0 Å². The van der Waals surface area contributed by atoms with E-state index in [1.807, 2.05) is 67.8 Å². The first-order valence-corrected chi connectivity index (χ1v) is 9.69. The number of halogens is 1. The smallest absolute Gasteiger partial charge is 0.255 e. The summed E-state index contributed by atoms with van der Waals surface area (Å²) in [5, 5.41) is 1.52. The summed E-state index contributed by atoms with van der Waals surface area (Å²) in [7, 11) is 3.45. The van der Waals surface area contributed by atoms with Gasteiger partial charge in [0, 0.05) is 29.7 Å². The summed E-state index contributed by atoms with van der Waals surface area (Å²) in [5.74, 6) is 0.633. The molecule has 0 saturated carbocycles. The number of para-hydroxylation sites is 1. The Labute approximate surface area is 174 Å². The molecule has 0 aliphatic rings. The monoisotopic (exact) mass is 404 g/mol. The summed E-state index contributed by atoms with van der Waals surface area (Å²) >= 11 is 6.30. The lowest BCUT2D eigenvalue weighted by molar-refractivity contribution is 0.0756. The molecule has 1 aromatic heterocycles. The van der Waals surface area contributed by atoms with Crippen molar-refractivity contribution in [3.05, 3.63) is 101 Å². The van der Waals surface area contributed by atoms with Gasteiger partial charge in [0.2, 0.25) is 0 Å². The number of nitrogens with zero attached hydrogens (tertiary/aromatic N) is 1. The predicted molar refractivity (Wildman–Crippen MR) is 117 cm³/mol. The number of aromatic nitrogens is 1. The molecule has 0 bridgehead atoms. The highest BCUT2D eigenvalue weighted by atomic mass is 35.5. The Hall–Kier alpha value is -3.24. The fraction of sp³-hybridized carbons (Fsp3) is 0.125. The molecule has 1 heterocycles. The predicted octanol–water partition coefficient (Wildman–Crippen LogP) is 5.69. The van der Waals surface area contributed by atoms with Gasteiger partial charge >= 0.3 is 0 Å². The van der Waals surface area contributed by atoms with Crippen LogP contribution in [0.2, 0.25) is 5.02 Å². The van der Waals surface area contributed by atoms with Gasteiger partial charge in [0.1, 0.15) is 5.75 Å². The largest absolute Gasteiger partial charge is 0.497 e. The number of hydrogen-bond donors (Lipinski definition) is 1. The lowest BCUT2D eigenvalue weighted by Crippen LogP contribution is -2.32.